The second kappa shape index (κ2) is 5.96. The topological polar surface area (TPSA) is 29.5 Å². The molecule has 0 radical (unpaired) electrons. The lowest BCUT2D eigenvalue weighted by Gasteiger charge is -2.19. The molecule has 2 heterocycles. The third-order valence-electron chi connectivity index (χ3n) is 4.60. The highest BCUT2D eigenvalue weighted by Gasteiger charge is 2.30. The molecule has 0 N–H and O–H groups in total. The fourth-order valence-corrected chi connectivity index (χ4v) is 3.41. The van der Waals surface area contributed by atoms with E-state index in [1.165, 1.54) is 11.1 Å². The number of rotatable bonds is 3. The van der Waals surface area contributed by atoms with Gasteiger partial charge in [0.25, 0.3) is 0 Å². The highest BCUT2D eigenvalue weighted by molar-refractivity contribution is 5.77. The number of carbonyl (C=O) groups is 1. The summed E-state index contributed by atoms with van der Waals surface area (Å²) in [6.45, 7) is 4.75. The molecule has 2 saturated heterocycles. The molecule has 1 amide bonds. The van der Waals surface area contributed by atoms with Crippen molar-refractivity contribution in [2.24, 2.45) is 0 Å². The number of aryl methyl sites for hydroxylation is 1. The number of likely N-dealkylation sites (tertiary alicyclic amines) is 1. The van der Waals surface area contributed by atoms with Gasteiger partial charge in [-0.15, -0.1) is 0 Å². The lowest BCUT2D eigenvalue weighted by molar-refractivity contribution is -0.132. The zero-order valence-electron chi connectivity index (χ0n) is 12.2. The van der Waals surface area contributed by atoms with Gasteiger partial charge in [-0.1, -0.05) is 24.3 Å². The number of hydrogen-bond donors (Lipinski definition) is 0. The Morgan fingerprint density at radius 1 is 1.35 bits per heavy atom. The van der Waals surface area contributed by atoms with E-state index in [-0.39, 0.29) is 12.0 Å². The van der Waals surface area contributed by atoms with Crippen molar-refractivity contribution in [1.29, 1.82) is 0 Å². The van der Waals surface area contributed by atoms with E-state index in [1.54, 1.807) is 0 Å². The van der Waals surface area contributed by atoms with Crippen molar-refractivity contribution in [2.45, 2.75) is 44.6 Å². The van der Waals surface area contributed by atoms with Crippen LogP contribution in [0.4, 0.5) is 0 Å². The first-order valence-electron chi connectivity index (χ1n) is 7.69. The van der Waals surface area contributed by atoms with Gasteiger partial charge in [-0.3, -0.25) is 4.79 Å². The number of nitrogens with zero attached hydrogens (tertiary/aromatic N) is 1. The fraction of sp³-hybridized carbons (Fsp3) is 0.588. The van der Waals surface area contributed by atoms with Gasteiger partial charge in [0.2, 0.25) is 5.91 Å². The Morgan fingerprint density at radius 3 is 2.95 bits per heavy atom. The third kappa shape index (κ3) is 2.88. The van der Waals surface area contributed by atoms with Gasteiger partial charge in [-0.2, -0.15) is 0 Å². The normalized spacial score (nSPS) is 26.1. The Hall–Kier alpha value is -1.35. The number of carbonyl (C=O) groups excluding carboxylic acids is 1. The molecule has 0 saturated carbocycles. The molecule has 2 fully saturated rings. The first-order valence-corrected chi connectivity index (χ1v) is 7.69. The van der Waals surface area contributed by atoms with Gasteiger partial charge in [0.05, 0.1) is 12.5 Å². The summed E-state index contributed by atoms with van der Waals surface area (Å²) in [5, 5.41) is 0. The maximum absolute atomic E-state index is 12.3. The van der Waals surface area contributed by atoms with Crippen molar-refractivity contribution in [3.63, 3.8) is 0 Å². The predicted molar refractivity (Wildman–Crippen MR) is 78.7 cm³/mol. The molecule has 3 nitrogen and oxygen atoms in total. The monoisotopic (exact) mass is 273 g/mol. The molecule has 108 valence electrons. The summed E-state index contributed by atoms with van der Waals surface area (Å²) in [5.41, 5.74) is 2.74. The van der Waals surface area contributed by atoms with E-state index in [2.05, 4.69) is 31.2 Å². The van der Waals surface area contributed by atoms with Crippen LogP contribution in [0.15, 0.2) is 24.3 Å². The molecule has 3 heteroatoms. The Balaban J connectivity index is 1.59. The van der Waals surface area contributed by atoms with Gasteiger partial charge in [0.1, 0.15) is 0 Å². The lowest BCUT2D eigenvalue weighted by atomic mass is 9.94. The van der Waals surface area contributed by atoms with Crippen LogP contribution in [-0.4, -0.2) is 36.6 Å². The first-order chi connectivity index (χ1) is 9.74. The number of benzene rings is 1. The first kappa shape index (κ1) is 13.6. The van der Waals surface area contributed by atoms with Crippen LogP contribution in [0.3, 0.4) is 0 Å². The fourth-order valence-electron chi connectivity index (χ4n) is 3.41. The number of ether oxygens (including phenoxy) is 1. The zero-order chi connectivity index (χ0) is 13.9. The minimum absolute atomic E-state index is 0.167. The minimum Gasteiger partial charge on any atom is -0.378 e. The molecular weight excluding hydrogens is 250 g/mol. The summed E-state index contributed by atoms with van der Waals surface area (Å²) in [5.74, 6) is 0.776. The van der Waals surface area contributed by atoms with Gasteiger partial charge in [0.15, 0.2) is 0 Å². The summed E-state index contributed by atoms with van der Waals surface area (Å²) >= 11 is 0. The van der Waals surface area contributed by atoms with E-state index in [0.29, 0.717) is 12.3 Å². The van der Waals surface area contributed by atoms with Crippen LogP contribution in [0.1, 0.15) is 42.7 Å². The largest absolute Gasteiger partial charge is 0.378 e. The molecule has 0 bridgehead atoms. The zero-order valence-corrected chi connectivity index (χ0v) is 12.2. The molecule has 20 heavy (non-hydrogen) atoms. The highest BCUT2D eigenvalue weighted by Crippen LogP contribution is 2.30. The average Bonchev–Trinajstić information content (AvgIpc) is 3.10. The molecule has 0 aromatic heterocycles. The van der Waals surface area contributed by atoms with Gasteiger partial charge in [0, 0.05) is 25.6 Å². The van der Waals surface area contributed by atoms with Crippen LogP contribution in [-0.2, 0) is 9.53 Å². The Labute approximate surface area is 120 Å². The maximum Gasteiger partial charge on any atom is 0.225 e. The van der Waals surface area contributed by atoms with Crippen LogP contribution >= 0.6 is 0 Å². The van der Waals surface area contributed by atoms with E-state index in [9.17, 15) is 4.79 Å². The van der Waals surface area contributed by atoms with Crippen LogP contribution in [0.25, 0.3) is 0 Å². The average molecular weight is 273 g/mol. The lowest BCUT2D eigenvalue weighted by Crippen LogP contribution is -2.31. The van der Waals surface area contributed by atoms with E-state index < -0.39 is 0 Å². The Morgan fingerprint density at radius 2 is 2.20 bits per heavy atom. The third-order valence-corrected chi connectivity index (χ3v) is 4.60. The molecule has 2 aliphatic rings. The standard InChI is InChI=1S/C17H23NO2/c1-13-5-2-3-7-16(13)14-8-9-18(12-14)17(19)11-15-6-4-10-20-15/h2-3,5,7,14-15H,4,6,8-12H2,1H3/t14-,15-/m0/s1. The van der Waals surface area contributed by atoms with Crippen molar-refractivity contribution in [2.75, 3.05) is 19.7 Å². The van der Waals surface area contributed by atoms with Crippen molar-refractivity contribution in [1.82, 2.24) is 4.90 Å². The van der Waals surface area contributed by atoms with Crippen LogP contribution < -0.4 is 0 Å². The Kier molecular flexibility index (Phi) is 4.06. The maximum atomic E-state index is 12.3. The second-order valence-electron chi connectivity index (χ2n) is 6.02. The van der Waals surface area contributed by atoms with Gasteiger partial charge < -0.3 is 9.64 Å². The quantitative estimate of drug-likeness (QED) is 0.847. The minimum atomic E-state index is 0.167. The van der Waals surface area contributed by atoms with Crippen molar-refractivity contribution in [3.05, 3.63) is 35.4 Å². The van der Waals surface area contributed by atoms with E-state index in [4.69, 9.17) is 4.74 Å². The molecule has 2 atom stereocenters. The van der Waals surface area contributed by atoms with E-state index in [0.717, 1.165) is 39.0 Å². The van der Waals surface area contributed by atoms with Crippen LogP contribution in [0, 0.1) is 6.92 Å². The smallest absolute Gasteiger partial charge is 0.225 e. The molecule has 0 aliphatic carbocycles. The van der Waals surface area contributed by atoms with Crippen molar-refractivity contribution < 1.29 is 9.53 Å². The molecule has 1 aromatic carbocycles. The summed E-state index contributed by atoms with van der Waals surface area (Å²) in [4.78, 5) is 14.3. The predicted octanol–water partition coefficient (Wildman–Crippen LogP) is 2.88. The summed E-state index contributed by atoms with van der Waals surface area (Å²) in [6.07, 6.45) is 3.97. The molecule has 2 aliphatic heterocycles. The summed E-state index contributed by atoms with van der Waals surface area (Å²) in [7, 11) is 0. The van der Waals surface area contributed by atoms with Crippen LogP contribution in [0.5, 0.6) is 0 Å². The van der Waals surface area contributed by atoms with Crippen molar-refractivity contribution >= 4 is 5.91 Å². The van der Waals surface area contributed by atoms with Gasteiger partial charge >= 0.3 is 0 Å². The van der Waals surface area contributed by atoms with Gasteiger partial charge in [-0.25, -0.2) is 0 Å². The summed E-state index contributed by atoms with van der Waals surface area (Å²) in [6, 6.07) is 8.54. The van der Waals surface area contributed by atoms with Crippen molar-refractivity contribution in [3.8, 4) is 0 Å². The molecule has 0 unspecified atom stereocenters. The van der Waals surface area contributed by atoms with Gasteiger partial charge in [-0.05, 0) is 37.3 Å². The molecule has 3 rings (SSSR count). The highest BCUT2D eigenvalue weighted by atomic mass is 16.5. The Bertz CT molecular complexity index is 480. The van der Waals surface area contributed by atoms with E-state index in [1.807, 2.05) is 4.90 Å². The molecule has 0 spiro atoms. The number of amides is 1. The molecule has 1 aromatic rings. The number of hydrogen-bond acceptors (Lipinski definition) is 2. The summed E-state index contributed by atoms with van der Waals surface area (Å²) < 4.78 is 5.57. The molecular formula is C17H23NO2. The van der Waals surface area contributed by atoms with E-state index >= 15 is 0 Å². The van der Waals surface area contributed by atoms with Crippen LogP contribution in [0.2, 0.25) is 0 Å². The second-order valence-corrected chi connectivity index (χ2v) is 6.02. The SMILES string of the molecule is Cc1ccccc1[C@H]1CCN(C(=O)C[C@@H]2CCCO2)C1.